The highest BCUT2D eigenvalue weighted by molar-refractivity contribution is 7.91. The molecule has 0 spiro atoms. The van der Waals surface area contributed by atoms with E-state index in [1.54, 1.807) is 12.1 Å². The van der Waals surface area contributed by atoms with E-state index in [9.17, 15) is 26.4 Å². The molecule has 40 heavy (non-hydrogen) atoms. The molecule has 0 saturated carbocycles. The van der Waals surface area contributed by atoms with Crippen LogP contribution in [0.4, 0.5) is 18.9 Å². The molecule has 0 bridgehead atoms. The molecular formula is C29H30ClF3N2O3S2. The quantitative estimate of drug-likeness (QED) is 0.139. The van der Waals surface area contributed by atoms with Crippen LogP contribution in [0, 0.1) is 5.92 Å². The van der Waals surface area contributed by atoms with Crippen LogP contribution in [0.5, 0.6) is 0 Å². The molecule has 3 aromatic rings. The molecule has 2 N–H and O–H groups in total. The number of anilines is 1. The average molecular weight is 611 g/mol. The van der Waals surface area contributed by atoms with Crippen molar-refractivity contribution >= 4 is 44.6 Å². The molecule has 2 aromatic carbocycles. The molecule has 1 aliphatic carbocycles. The number of amides is 1. The van der Waals surface area contributed by atoms with Crippen LogP contribution in [-0.4, -0.2) is 20.4 Å². The third kappa shape index (κ3) is 7.75. The van der Waals surface area contributed by atoms with Crippen LogP contribution in [-0.2, 0) is 29.0 Å². The highest BCUT2D eigenvalue weighted by atomic mass is 35.5. The van der Waals surface area contributed by atoms with Gasteiger partial charge in [-0.1, -0.05) is 30.2 Å². The van der Waals surface area contributed by atoms with E-state index in [-0.39, 0.29) is 21.7 Å². The molecule has 5 nitrogen and oxygen atoms in total. The topological polar surface area (TPSA) is 75.3 Å². The summed E-state index contributed by atoms with van der Waals surface area (Å²) >= 11 is 7.00. The first kappa shape index (κ1) is 30.3. The number of aryl methyl sites for hydroxylation is 1. The van der Waals surface area contributed by atoms with Crippen LogP contribution >= 0.6 is 22.9 Å². The number of thiophene rings is 1. The molecule has 0 fully saturated rings. The molecule has 1 heterocycles. The van der Waals surface area contributed by atoms with Crippen molar-refractivity contribution in [1.82, 2.24) is 4.72 Å². The Hall–Kier alpha value is -2.66. The summed E-state index contributed by atoms with van der Waals surface area (Å²) in [6, 6.07) is 12.4. The van der Waals surface area contributed by atoms with Crippen molar-refractivity contribution in [1.29, 1.82) is 0 Å². The van der Waals surface area contributed by atoms with Crippen molar-refractivity contribution in [2.45, 2.75) is 61.4 Å². The van der Waals surface area contributed by atoms with Crippen LogP contribution in [0.25, 0.3) is 0 Å². The van der Waals surface area contributed by atoms with Crippen molar-refractivity contribution < 1.29 is 26.4 Å². The molecule has 214 valence electrons. The second-order valence-corrected chi connectivity index (χ2v) is 13.5. The molecule has 1 amide bonds. The van der Waals surface area contributed by atoms with Gasteiger partial charge in [0.25, 0.3) is 5.91 Å². The van der Waals surface area contributed by atoms with Gasteiger partial charge in [-0.25, -0.2) is 13.1 Å². The summed E-state index contributed by atoms with van der Waals surface area (Å²) < 4.78 is 68.4. The number of carbonyl (C=O) groups excluding carboxylic acids is 1. The van der Waals surface area contributed by atoms with Crippen LogP contribution in [0.2, 0.25) is 4.34 Å². The Kier molecular flexibility index (Phi) is 9.76. The molecule has 4 rings (SSSR count). The number of rotatable bonds is 10. The van der Waals surface area contributed by atoms with E-state index < -0.39 is 27.7 Å². The minimum Gasteiger partial charge on any atom is -0.322 e. The first-order valence-electron chi connectivity index (χ1n) is 13.0. The summed E-state index contributed by atoms with van der Waals surface area (Å²) in [5.41, 5.74) is 1.91. The summed E-state index contributed by atoms with van der Waals surface area (Å²) in [5.74, 6) is -0.486. The predicted molar refractivity (Wildman–Crippen MR) is 153 cm³/mol. The SMILES string of the molecule is C=CCCCCC1Cc2cc(NC(=O)c3ccc(C(F)(F)F)cc3)ccc2CCC1NS(=O)(=O)c1ccc(Cl)s1. The highest BCUT2D eigenvalue weighted by Gasteiger charge is 2.32. The van der Waals surface area contributed by atoms with Gasteiger partial charge in [0.15, 0.2) is 0 Å². The van der Waals surface area contributed by atoms with Gasteiger partial charge in [0.1, 0.15) is 4.21 Å². The molecule has 11 heteroatoms. The van der Waals surface area contributed by atoms with Gasteiger partial charge in [-0.3, -0.25) is 4.79 Å². The second-order valence-electron chi connectivity index (χ2n) is 9.88. The third-order valence-corrected chi connectivity index (χ3v) is 10.3. The lowest BCUT2D eigenvalue weighted by molar-refractivity contribution is -0.137. The van der Waals surface area contributed by atoms with E-state index in [0.717, 1.165) is 72.4 Å². The van der Waals surface area contributed by atoms with Crippen molar-refractivity contribution in [2.75, 3.05) is 5.32 Å². The van der Waals surface area contributed by atoms with Gasteiger partial charge in [0.2, 0.25) is 10.0 Å². The van der Waals surface area contributed by atoms with Gasteiger partial charge >= 0.3 is 6.18 Å². The Bertz CT molecular complexity index is 1450. The van der Waals surface area contributed by atoms with Crippen molar-refractivity contribution in [3.63, 3.8) is 0 Å². The van der Waals surface area contributed by atoms with Gasteiger partial charge in [0.05, 0.1) is 9.90 Å². The zero-order valence-corrected chi connectivity index (χ0v) is 24.0. The standard InChI is InChI=1S/C29H30ClF3N2O3S2/c1-2-3-4-5-6-21-17-22-18-24(34-28(36)20-7-11-23(12-8-20)29(31,32)33)13-9-19(22)10-14-25(21)35-40(37,38)27-16-15-26(30)39-27/h2,7-9,11-13,15-16,18,21,25,35H,1,3-6,10,14,17H2,(H,34,36). The average Bonchev–Trinajstić information content (AvgIpc) is 3.29. The van der Waals surface area contributed by atoms with Crippen molar-refractivity contribution in [2.24, 2.45) is 5.92 Å². The second kappa shape index (κ2) is 12.9. The van der Waals surface area contributed by atoms with E-state index in [0.29, 0.717) is 29.3 Å². The maximum absolute atomic E-state index is 13.1. The van der Waals surface area contributed by atoms with Gasteiger partial charge in [-0.15, -0.1) is 17.9 Å². The Morgan fingerprint density at radius 1 is 1.07 bits per heavy atom. The molecule has 1 aromatic heterocycles. The van der Waals surface area contributed by atoms with E-state index in [1.807, 2.05) is 18.2 Å². The Morgan fingerprint density at radius 3 is 2.48 bits per heavy atom. The monoisotopic (exact) mass is 610 g/mol. The van der Waals surface area contributed by atoms with Crippen LogP contribution in [0.1, 0.15) is 59.2 Å². The van der Waals surface area contributed by atoms with Crippen LogP contribution in [0.15, 0.2) is 71.5 Å². The zero-order valence-electron chi connectivity index (χ0n) is 21.6. The Labute approximate surface area is 241 Å². The number of hydrogen-bond acceptors (Lipinski definition) is 4. The number of hydrogen-bond donors (Lipinski definition) is 2. The number of halogens is 4. The van der Waals surface area contributed by atoms with Crippen LogP contribution < -0.4 is 10.0 Å². The number of fused-ring (bicyclic) bond motifs is 1. The number of alkyl halides is 3. The fourth-order valence-electron chi connectivity index (χ4n) is 4.98. The smallest absolute Gasteiger partial charge is 0.322 e. The molecular weight excluding hydrogens is 581 g/mol. The van der Waals surface area contributed by atoms with E-state index in [4.69, 9.17) is 11.6 Å². The fraction of sp³-hybridized carbons (Fsp3) is 0.345. The first-order chi connectivity index (χ1) is 19.0. The van der Waals surface area contributed by atoms with Crippen molar-refractivity contribution in [3.05, 3.63) is 93.8 Å². The molecule has 0 radical (unpaired) electrons. The van der Waals surface area contributed by atoms with Gasteiger partial charge in [-0.2, -0.15) is 13.2 Å². The summed E-state index contributed by atoms with van der Waals surface area (Å²) in [7, 11) is -3.74. The number of nitrogens with one attached hydrogen (secondary N) is 2. The number of allylic oxidation sites excluding steroid dienone is 1. The maximum Gasteiger partial charge on any atom is 0.416 e. The Morgan fingerprint density at radius 2 is 1.82 bits per heavy atom. The van der Waals surface area contributed by atoms with E-state index >= 15 is 0 Å². The van der Waals surface area contributed by atoms with Gasteiger partial charge in [0, 0.05) is 17.3 Å². The summed E-state index contributed by atoms with van der Waals surface area (Å²) in [4.78, 5) is 12.7. The van der Waals surface area contributed by atoms with E-state index in [2.05, 4.69) is 16.6 Å². The zero-order chi connectivity index (χ0) is 28.9. The number of carbonyl (C=O) groups is 1. The lowest BCUT2D eigenvalue weighted by Crippen LogP contribution is -2.40. The lowest BCUT2D eigenvalue weighted by Gasteiger charge is -2.26. The lowest BCUT2D eigenvalue weighted by atomic mass is 9.88. The highest BCUT2D eigenvalue weighted by Crippen LogP contribution is 2.33. The molecule has 2 unspecified atom stereocenters. The van der Waals surface area contributed by atoms with Gasteiger partial charge < -0.3 is 5.32 Å². The minimum absolute atomic E-state index is 0.0251. The summed E-state index contributed by atoms with van der Waals surface area (Å²) in [6.07, 6.45) is 2.85. The van der Waals surface area contributed by atoms with Crippen molar-refractivity contribution in [3.8, 4) is 0 Å². The number of benzene rings is 2. The normalized spacial score (nSPS) is 17.6. The van der Waals surface area contributed by atoms with E-state index in [1.165, 1.54) is 6.07 Å². The third-order valence-electron chi connectivity index (χ3n) is 7.07. The van der Waals surface area contributed by atoms with Crippen LogP contribution in [0.3, 0.4) is 0 Å². The fourth-order valence-corrected chi connectivity index (χ4v) is 7.81. The van der Waals surface area contributed by atoms with Gasteiger partial charge in [-0.05, 0) is 104 Å². The predicted octanol–water partition coefficient (Wildman–Crippen LogP) is 7.87. The number of unbranched alkanes of at least 4 members (excludes halogenated alkanes) is 2. The molecule has 0 saturated heterocycles. The first-order valence-corrected chi connectivity index (χ1v) is 15.6. The number of sulfonamides is 1. The largest absolute Gasteiger partial charge is 0.416 e. The summed E-state index contributed by atoms with van der Waals surface area (Å²) in [5, 5.41) is 2.78. The molecule has 2 atom stereocenters. The minimum atomic E-state index is -4.48. The summed E-state index contributed by atoms with van der Waals surface area (Å²) in [6.45, 7) is 3.77. The Balaban J connectivity index is 1.52. The molecule has 1 aliphatic rings. The maximum atomic E-state index is 13.1. The molecule has 0 aliphatic heterocycles.